The van der Waals surface area contributed by atoms with Crippen molar-refractivity contribution in [3.05, 3.63) is 83.3 Å². The van der Waals surface area contributed by atoms with Crippen molar-refractivity contribution < 1.29 is 64.5 Å². The number of halogens is 4. The summed E-state index contributed by atoms with van der Waals surface area (Å²) in [6, 6.07) is 9.93. The maximum Gasteiger partial charge on any atom is 0.501 e. The number of methoxy groups -OCH3 is 1. The molecule has 1 atom stereocenters. The van der Waals surface area contributed by atoms with Crippen molar-refractivity contribution >= 4 is 61.9 Å². The lowest BCUT2D eigenvalue weighted by Crippen LogP contribution is -2.44. The van der Waals surface area contributed by atoms with E-state index in [4.69, 9.17) is 14.2 Å². The van der Waals surface area contributed by atoms with Crippen LogP contribution in [0.15, 0.2) is 65.7 Å². The predicted molar refractivity (Wildman–Crippen MR) is 213 cm³/mol. The SMILES string of the molecule is CNCc1cc(NC(=O)CCc2cc(C(Nc3ccc4c(N(C(=O)OC(C)(C)C)C(=O)OC(C)(C)C)ncc(F)c4c3)C(=O)O)ccc2OC)ccc1S(=O)(=O)C(F)(F)F. The van der Waals surface area contributed by atoms with Crippen molar-refractivity contribution in [2.75, 3.05) is 29.7 Å². The molecule has 15 nitrogen and oxygen atoms in total. The molecule has 0 aliphatic carbocycles. The van der Waals surface area contributed by atoms with Crippen LogP contribution in [0.5, 0.6) is 5.75 Å². The Hall–Kier alpha value is -6.02. The highest BCUT2D eigenvalue weighted by Crippen LogP contribution is 2.35. The van der Waals surface area contributed by atoms with Crippen LogP contribution < -0.4 is 25.6 Å². The summed E-state index contributed by atoms with van der Waals surface area (Å²) >= 11 is 0. The molecule has 4 aromatic rings. The Morgan fingerprint density at radius 1 is 0.850 bits per heavy atom. The summed E-state index contributed by atoms with van der Waals surface area (Å²) in [6.45, 7) is 9.27. The molecule has 0 spiro atoms. The van der Waals surface area contributed by atoms with Gasteiger partial charge in [-0.05, 0) is 120 Å². The molecule has 0 fully saturated rings. The maximum atomic E-state index is 15.4. The van der Waals surface area contributed by atoms with Crippen molar-refractivity contribution in [2.45, 2.75) is 88.6 Å². The Morgan fingerprint density at radius 2 is 1.47 bits per heavy atom. The number of alkyl halides is 3. The highest BCUT2D eigenvalue weighted by molar-refractivity contribution is 7.92. The van der Waals surface area contributed by atoms with Gasteiger partial charge in [0, 0.05) is 35.1 Å². The summed E-state index contributed by atoms with van der Waals surface area (Å²) in [5, 5.41) is 18.1. The number of nitrogens with zero attached hydrogens (tertiary/aromatic N) is 2. The van der Waals surface area contributed by atoms with Crippen LogP contribution in [0.3, 0.4) is 0 Å². The molecule has 1 aromatic heterocycles. The normalized spacial score (nSPS) is 12.7. The van der Waals surface area contributed by atoms with Crippen molar-refractivity contribution in [3.8, 4) is 5.75 Å². The lowest BCUT2D eigenvalue weighted by atomic mass is 9.99. The molecule has 0 aliphatic heterocycles. The standard InChI is InChI=1S/C40H45F4N5O10S/c1-38(2,3)58-36(53)49(37(54)59-39(4,5)6)34-27-13-11-26(19-28(27)29(41)21-46-34)48-33(35(51)52)23-9-14-30(57-8)22(17-23)10-16-32(50)47-25-12-15-31(24(18-25)20-45-7)60(55,56)40(42,43)44/h9,11-15,17-19,21,33,45,48H,10,16,20H2,1-8H3,(H,47,50)(H,51,52). The van der Waals surface area contributed by atoms with Crippen molar-refractivity contribution in [2.24, 2.45) is 0 Å². The predicted octanol–water partition coefficient (Wildman–Crippen LogP) is 7.88. The number of pyridine rings is 1. The van der Waals surface area contributed by atoms with Crippen molar-refractivity contribution in [1.29, 1.82) is 0 Å². The highest BCUT2D eigenvalue weighted by Gasteiger charge is 2.48. The average Bonchev–Trinajstić information content (AvgIpc) is 3.12. The molecule has 0 aliphatic rings. The Kier molecular flexibility index (Phi) is 14.1. The molecule has 0 radical (unpaired) electrons. The van der Waals surface area contributed by atoms with E-state index in [0.717, 1.165) is 24.4 Å². The van der Waals surface area contributed by atoms with Crippen LogP contribution in [0.4, 0.5) is 44.3 Å². The molecule has 20 heteroatoms. The van der Waals surface area contributed by atoms with Gasteiger partial charge in [0.2, 0.25) is 5.91 Å². The molecule has 1 heterocycles. The topological polar surface area (TPSA) is 203 Å². The van der Waals surface area contributed by atoms with Gasteiger partial charge in [0.25, 0.3) is 9.84 Å². The number of aryl methyl sites for hydroxylation is 1. The van der Waals surface area contributed by atoms with Gasteiger partial charge >= 0.3 is 23.7 Å². The quantitative estimate of drug-likeness (QED) is 0.0947. The van der Waals surface area contributed by atoms with E-state index in [1.807, 2.05) is 0 Å². The summed E-state index contributed by atoms with van der Waals surface area (Å²) < 4.78 is 95.7. The van der Waals surface area contributed by atoms with E-state index in [9.17, 15) is 45.9 Å². The molecule has 3 amide bonds. The van der Waals surface area contributed by atoms with Crippen LogP contribution in [-0.4, -0.2) is 73.4 Å². The molecule has 0 saturated heterocycles. The van der Waals surface area contributed by atoms with Gasteiger partial charge in [-0.1, -0.05) is 6.07 Å². The molecule has 4 rings (SSSR count). The number of carbonyl (C=O) groups is 4. The third-order valence-corrected chi connectivity index (χ3v) is 9.89. The number of carboxylic acids is 1. The second kappa shape index (κ2) is 18.1. The number of fused-ring (bicyclic) bond motifs is 1. The molecule has 3 aromatic carbocycles. The lowest BCUT2D eigenvalue weighted by Gasteiger charge is -2.28. The summed E-state index contributed by atoms with van der Waals surface area (Å²) in [6.07, 6.45) is -1.68. The number of hydrogen-bond acceptors (Lipinski definition) is 12. The van der Waals surface area contributed by atoms with Crippen LogP contribution in [0, 0.1) is 5.82 Å². The smallest absolute Gasteiger partial charge is 0.496 e. The van der Waals surface area contributed by atoms with Crippen LogP contribution in [-0.2, 0) is 41.9 Å². The van der Waals surface area contributed by atoms with Gasteiger partial charge in [0.05, 0.1) is 18.2 Å². The minimum Gasteiger partial charge on any atom is -0.496 e. The van der Waals surface area contributed by atoms with Gasteiger partial charge in [-0.15, -0.1) is 0 Å². The zero-order valence-electron chi connectivity index (χ0n) is 33.9. The number of ether oxygens (including phenoxy) is 3. The van der Waals surface area contributed by atoms with Gasteiger partial charge in [-0.2, -0.15) is 18.1 Å². The molecule has 0 saturated carbocycles. The van der Waals surface area contributed by atoms with Gasteiger partial charge < -0.3 is 35.3 Å². The fourth-order valence-corrected chi connectivity index (χ4v) is 6.77. The Morgan fingerprint density at radius 3 is 2.02 bits per heavy atom. The van der Waals surface area contributed by atoms with Gasteiger partial charge in [-0.3, -0.25) is 4.79 Å². The highest BCUT2D eigenvalue weighted by atomic mass is 32.2. The van der Waals surface area contributed by atoms with Crippen LogP contribution in [0.2, 0.25) is 0 Å². The summed E-state index contributed by atoms with van der Waals surface area (Å²) in [4.78, 5) is 55.9. The molecular weight excluding hydrogens is 819 g/mol. The summed E-state index contributed by atoms with van der Waals surface area (Å²) in [5.41, 5.74) is -7.05. The van der Waals surface area contributed by atoms with Crippen molar-refractivity contribution in [3.63, 3.8) is 0 Å². The molecule has 324 valence electrons. The number of hydrogen-bond donors (Lipinski definition) is 4. The van der Waals surface area contributed by atoms with Gasteiger partial charge in [-0.25, -0.2) is 32.2 Å². The monoisotopic (exact) mass is 863 g/mol. The first-order valence-corrected chi connectivity index (χ1v) is 19.6. The number of carboxylic acid groups (broad SMARTS) is 1. The number of sulfone groups is 1. The van der Waals surface area contributed by atoms with E-state index >= 15 is 4.39 Å². The fraction of sp³-hybridized carbons (Fsp3) is 0.375. The molecule has 60 heavy (non-hydrogen) atoms. The zero-order chi connectivity index (χ0) is 45.0. The maximum absolute atomic E-state index is 15.4. The largest absolute Gasteiger partial charge is 0.501 e. The fourth-order valence-electron chi connectivity index (χ4n) is 5.80. The van der Waals surface area contributed by atoms with E-state index in [2.05, 4.69) is 20.9 Å². The second-order valence-corrected chi connectivity index (χ2v) is 17.2. The first-order chi connectivity index (χ1) is 27.8. The third kappa shape index (κ3) is 11.4. The second-order valence-electron chi connectivity index (χ2n) is 15.3. The number of rotatable bonds is 13. The molecule has 4 N–H and O–H groups in total. The van der Waals surface area contributed by atoms with E-state index in [1.165, 1.54) is 50.6 Å². The van der Waals surface area contributed by atoms with Crippen LogP contribution in [0.25, 0.3) is 10.8 Å². The first kappa shape index (κ1) is 46.7. The lowest BCUT2D eigenvalue weighted by molar-refractivity contribution is -0.138. The number of anilines is 3. The number of amides is 3. The van der Waals surface area contributed by atoms with E-state index < -0.39 is 67.4 Å². The minimum atomic E-state index is -5.66. The third-order valence-electron chi connectivity index (χ3n) is 8.30. The van der Waals surface area contributed by atoms with E-state index in [0.29, 0.717) is 16.2 Å². The number of imide groups is 1. The minimum absolute atomic E-state index is 0.00184. The molecule has 1 unspecified atom stereocenters. The van der Waals surface area contributed by atoms with Crippen LogP contribution in [0.1, 0.15) is 70.7 Å². The Balaban J connectivity index is 1.61. The Bertz CT molecular complexity index is 2370. The van der Waals surface area contributed by atoms with Crippen LogP contribution >= 0.6 is 0 Å². The van der Waals surface area contributed by atoms with Gasteiger partial charge in [0.1, 0.15) is 22.8 Å². The number of carbonyl (C=O) groups excluding carboxylic acids is 3. The van der Waals surface area contributed by atoms with Crippen molar-refractivity contribution in [1.82, 2.24) is 10.3 Å². The van der Waals surface area contributed by atoms with E-state index in [1.54, 1.807) is 41.5 Å². The van der Waals surface area contributed by atoms with Gasteiger partial charge in [0.15, 0.2) is 11.9 Å². The number of aromatic nitrogens is 1. The number of nitrogens with one attached hydrogen (secondary N) is 3. The van der Waals surface area contributed by atoms with E-state index in [-0.39, 0.29) is 58.5 Å². The zero-order valence-corrected chi connectivity index (χ0v) is 34.7. The number of benzene rings is 3. The average molecular weight is 864 g/mol. The summed E-state index contributed by atoms with van der Waals surface area (Å²) in [7, 11) is -2.89. The number of aliphatic carboxylic acids is 1. The first-order valence-electron chi connectivity index (χ1n) is 18.2. The molecule has 0 bridgehead atoms. The Labute approximate surface area is 343 Å². The summed E-state index contributed by atoms with van der Waals surface area (Å²) in [5.74, 6) is -2.79. The molecular formula is C40H45F4N5O10S.